The number of likely N-dealkylation sites (tertiary alicyclic amines) is 1. The van der Waals surface area contributed by atoms with Gasteiger partial charge < -0.3 is 9.42 Å². The van der Waals surface area contributed by atoms with Gasteiger partial charge in [-0.25, -0.2) is 9.97 Å². The average molecular weight is 462 g/mol. The van der Waals surface area contributed by atoms with E-state index in [0.717, 1.165) is 12.8 Å². The SMILES string of the molecule is C[C@@H]1CC[C@@H](c2cc(C3(C(F)(F)F)CC3)no2)CN1C(=O)c1ccsc1-c1ncccn1. The van der Waals surface area contributed by atoms with Crippen LogP contribution < -0.4 is 0 Å². The van der Waals surface area contributed by atoms with Crippen LogP contribution in [0.5, 0.6) is 0 Å². The molecule has 1 amide bonds. The molecule has 0 unspecified atom stereocenters. The lowest BCUT2D eigenvalue weighted by Gasteiger charge is -2.37. The first-order chi connectivity index (χ1) is 15.3. The number of halogens is 3. The van der Waals surface area contributed by atoms with Crippen molar-refractivity contribution in [2.75, 3.05) is 6.54 Å². The highest BCUT2D eigenvalue weighted by Gasteiger charge is 2.66. The van der Waals surface area contributed by atoms with E-state index in [1.54, 1.807) is 29.4 Å². The molecule has 3 aromatic heterocycles. The van der Waals surface area contributed by atoms with Crippen LogP contribution in [-0.2, 0) is 5.41 Å². The molecule has 0 N–H and O–H groups in total. The minimum absolute atomic E-state index is 0.00414. The Labute approximate surface area is 186 Å². The summed E-state index contributed by atoms with van der Waals surface area (Å²) in [5, 5.41) is 5.60. The van der Waals surface area contributed by atoms with Gasteiger partial charge in [-0.05, 0) is 50.1 Å². The van der Waals surface area contributed by atoms with Gasteiger partial charge in [0.2, 0.25) is 0 Å². The van der Waals surface area contributed by atoms with Gasteiger partial charge in [0.1, 0.15) is 11.2 Å². The topological polar surface area (TPSA) is 72.1 Å². The number of alkyl halides is 3. The van der Waals surface area contributed by atoms with Crippen LogP contribution in [0.4, 0.5) is 13.2 Å². The summed E-state index contributed by atoms with van der Waals surface area (Å²) < 4.78 is 45.7. The summed E-state index contributed by atoms with van der Waals surface area (Å²) in [6, 6.07) is 4.92. The van der Waals surface area contributed by atoms with Crippen molar-refractivity contribution in [1.82, 2.24) is 20.0 Å². The molecule has 1 saturated heterocycles. The number of hydrogen-bond acceptors (Lipinski definition) is 6. The molecule has 5 rings (SSSR count). The van der Waals surface area contributed by atoms with Gasteiger partial charge in [0.25, 0.3) is 5.91 Å². The van der Waals surface area contributed by atoms with Gasteiger partial charge in [-0.3, -0.25) is 4.79 Å². The zero-order chi connectivity index (χ0) is 22.5. The van der Waals surface area contributed by atoms with E-state index in [0.29, 0.717) is 28.6 Å². The zero-order valence-electron chi connectivity index (χ0n) is 17.3. The molecule has 10 heteroatoms. The van der Waals surface area contributed by atoms with Crippen LogP contribution in [0, 0.1) is 0 Å². The van der Waals surface area contributed by atoms with Crippen LogP contribution >= 0.6 is 11.3 Å². The van der Waals surface area contributed by atoms with Gasteiger partial charge in [0.05, 0.1) is 16.1 Å². The van der Waals surface area contributed by atoms with Crippen LogP contribution in [0.1, 0.15) is 60.3 Å². The van der Waals surface area contributed by atoms with E-state index < -0.39 is 11.6 Å². The fraction of sp³-hybridized carbons (Fsp3) is 0.455. The number of nitrogens with zero attached hydrogens (tertiary/aromatic N) is 4. The Kier molecular flexibility index (Phi) is 5.07. The summed E-state index contributed by atoms with van der Waals surface area (Å²) in [7, 11) is 0. The second-order valence-electron chi connectivity index (χ2n) is 8.51. The number of amides is 1. The Hall–Kier alpha value is -2.75. The van der Waals surface area contributed by atoms with Crippen molar-refractivity contribution >= 4 is 17.2 Å². The molecule has 1 saturated carbocycles. The zero-order valence-corrected chi connectivity index (χ0v) is 18.1. The molecule has 2 atom stereocenters. The Morgan fingerprint density at radius 1 is 1.25 bits per heavy atom. The number of aromatic nitrogens is 3. The molecule has 0 radical (unpaired) electrons. The summed E-state index contributed by atoms with van der Waals surface area (Å²) in [6.45, 7) is 2.34. The lowest BCUT2D eigenvalue weighted by Crippen LogP contribution is -2.44. The fourth-order valence-corrected chi connectivity index (χ4v) is 5.19. The van der Waals surface area contributed by atoms with Crippen LogP contribution in [0.2, 0.25) is 0 Å². The number of carbonyl (C=O) groups excluding carboxylic acids is 1. The smallest absolute Gasteiger partial charge is 0.361 e. The monoisotopic (exact) mass is 462 g/mol. The van der Waals surface area contributed by atoms with Crippen LogP contribution in [-0.4, -0.2) is 44.7 Å². The van der Waals surface area contributed by atoms with E-state index in [2.05, 4.69) is 15.1 Å². The van der Waals surface area contributed by atoms with Crippen molar-refractivity contribution in [2.45, 2.75) is 56.2 Å². The molecule has 3 aromatic rings. The van der Waals surface area contributed by atoms with Gasteiger partial charge >= 0.3 is 6.18 Å². The molecule has 0 spiro atoms. The first-order valence-corrected chi connectivity index (χ1v) is 11.4. The first-order valence-electron chi connectivity index (χ1n) is 10.5. The molecule has 0 bridgehead atoms. The van der Waals surface area contributed by atoms with Crippen molar-refractivity contribution in [1.29, 1.82) is 0 Å². The van der Waals surface area contributed by atoms with Gasteiger partial charge in [0, 0.05) is 37.0 Å². The van der Waals surface area contributed by atoms with Crippen molar-refractivity contribution in [2.24, 2.45) is 0 Å². The number of hydrogen-bond donors (Lipinski definition) is 0. The molecular formula is C22H21F3N4O2S. The Balaban J connectivity index is 1.38. The largest absolute Gasteiger partial charge is 0.400 e. The van der Waals surface area contributed by atoms with Crippen molar-refractivity contribution in [3.63, 3.8) is 0 Å². The minimum Gasteiger partial charge on any atom is -0.361 e. The summed E-state index contributed by atoms with van der Waals surface area (Å²) in [6.07, 6.45) is 0.443. The van der Waals surface area contributed by atoms with Crippen LogP contribution in [0.15, 0.2) is 40.5 Å². The second-order valence-corrected chi connectivity index (χ2v) is 9.43. The van der Waals surface area contributed by atoms with Gasteiger partial charge in [-0.2, -0.15) is 13.2 Å². The predicted molar refractivity (Wildman–Crippen MR) is 111 cm³/mol. The highest BCUT2D eigenvalue weighted by molar-refractivity contribution is 7.14. The summed E-state index contributed by atoms with van der Waals surface area (Å²) >= 11 is 1.40. The van der Waals surface area contributed by atoms with Crippen LogP contribution in [0.25, 0.3) is 10.7 Å². The maximum Gasteiger partial charge on any atom is 0.400 e. The predicted octanol–water partition coefficient (Wildman–Crippen LogP) is 5.20. The third kappa shape index (κ3) is 3.50. The van der Waals surface area contributed by atoms with Crippen molar-refractivity contribution < 1.29 is 22.5 Å². The number of piperidine rings is 1. The second kappa shape index (κ2) is 7.68. The molecule has 0 aromatic carbocycles. The molecule has 1 aliphatic heterocycles. The quantitative estimate of drug-likeness (QED) is 0.533. The highest BCUT2D eigenvalue weighted by atomic mass is 32.1. The van der Waals surface area contributed by atoms with E-state index >= 15 is 0 Å². The number of carbonyl (C=O) groups is 1. The average Bonchev–Trinajstić information content (AvgIpc) is 3.22. The summed E-state index contributed by atoms with van der Waals surface area (Å²) in [4.78, 5) is 24.4. The molecular weight excluding hydrogens is 441 g/mol. The molecule has 6 nitrogen and oxygen atoms in total. The van der Waals surface area contributed by atoms with E-state index in [1.165, 1.54) is 17.4 Å². The standard InChI is InChI=1S/C22H21F3N4O2S/c1-13-3-4-14(16-11-17(28-31-16)21(6-7-21)22(23,24)25)12-29(13)20(30)15-5-10-32-18(15)19-26-8-2-9-27-19/h2,5,8-11,13-14H,3-4,6-7,12H2,1H3/t13-,14-/m1/s1. The van der Waals surface area contributed by atoms with E-state index in [-0.39, 0.29) is 36.4 Å². The number of thiophene rings is 1. The number of rotatable bonds is 4. The van der Waals surface area contributed by atoms with Gasteiger partial charge in [-0.15, -0.1) is 11.3 Å². The van der Waals surface area contributed by atoms with E-state index in [9.17, 15) is 18.0 Å². The molecule has 4 heterocycles. The van der Waals surface area contributed by atoms with Crippen molar-refractivity contribution in [3.05, 3.63) is 53.0 Å². The van der Waals surface area contributed by atoms with Crippen LogP contribution in [0.3, 0.4) is 0 Å². The normalized spacial score (nSPS) is 22.7. The third-order valence-corrected chi connectivity index (χ3v) is 7.43. The maximum absolute atomic E-state index is 13.4. The van der Waals surface area contributed by atoms with Gasteiger partial charge in [-0.1, -0.05) is 5.16 Å². The molecule has 32 heavy (non-hydrogen) atoms. The maximum atomic E-state index is 13.4. The van der Waals surface area contributed by atoms with E-state index in [4.69, 9.17) is 4.52 Å². The summed E-state index contributed by atoms with van der Waals surface area (Å²) in [5.41, 5.74) is -1.38. The fourth-order valence-electron chi connectivity index (χ4n) is 4.36. The lowest BCUT2D eigenvalue weighted by molar-refractivity contribution is -0.161. The Bertz CT molecular complexity index is 1120. The highest BCUT2D eigenvalue weighted by Crippen LogP contribution is 2.58. The summed E-state index contributed by atoms with van der Waals surface area (Å²) in [5.74, 6) is 0.570. The minimum atomic E-state index is -4.33. The molecule has 2 aliphatic rings. The molecule has 168 valence electrons. The lowest BCUT2D eigenvalue weighted by atomic mass is 9.90. The van der Waals surface area contributed by atoms with Crippen molar-refractivity contribution in [3.8, 4) is 10.7 Å². The Morgan fingerprint density at radius 2 is 2.00 bits per heavy atom. The third-order valence-electron chi connectivity index (χ3n) is 6.52. The molecule has 1 aliphatic carbocycles. The van der Waals surface area contributed by atoms with E-state index in [1.807, 2.05) is 12.3 Å². The Morgan fingerprint density at radius 3 is 2.69 bits per heavy atom. The first kappa shape index (κ1) is 21.1. The molecule has 2 fully saturated rings. The van der Waals surface area contributed by atoms with Gasteiger partial charge in [0.15, 0.2) is 5.82 Å².